The lowest BCUT2D eigenvalue weighted by Gasteiger charge is -2.26. The number of hydrogen-bond acceptors (Lipinski definition) is 4. The van der Waals surface area contributed by atoms with Gasteiger partial charge in [0, 0.05) is 11.6 Å². The Balaban J connectivity index is 1.31. The smallest absolute Gasteiger partial charge is 0.331 e. The van der Waals surface area contributed by atoms with Crippen molar-refractivity contribution in [1.82, 2.24) is 15.1 Å². The number of carbonyl (C=O) groups excluding carboxylic acids is 2. The van der Waals surface area contributed by atoms with Gasteiger partial charge in [-0.1, -0.05) is 66.2 Å². The first kappa shape index (κ1) is 22.8. The van der Waals surface area contributed by atoms with Gasteiger partial charge in [-0.2, -0.15) is 5.10 Å². The predicted molar refractivity (Wildman–Crippen MR) is 128 cm³/mol. The Kier molecular flexibility index (Phi) is 7.25. The van der Waals surface area contributed by atoms with Gasteiger partial charge in [0.05, 0.1) is 18.3 Å². The van der Waals surface area contributed by atoms with Crippen LogP contribution in [0, 0.1) is 6.92 Å². The van der Waals surface area contributed by atoms with Gasteiger partial charge < -0.3 is 10.1 Å². The van der Waals surface area contributed by atoms with Crippen molar-refractivity contribution < 1.29 is 14.3 Å². The average Bonchev–Trinajstić information content (AvgIpc) is 3.09. The average molecular weight is 464 g/mol. The van der Waals surface area contributed by atoms with Crippen LogP contribution in [0.4, 0.5) is 0 Å². The minimum Gasteiger partial charge on any atom is -0.452 e. The van der Waals surface area contributed by atoms with E-state index in [1.54, 1.807) is 10.8 Å². The highest BCUT2D eigenvalue weighted by Crippen LogP contribution is 2.29. The maximum absolute atomic E-state index is 12.3. The molecule has 1 amide bonds. The van der Waals surface area contributed by atoms with Crippen LogP contribution in [0.5, 0.6) is 0 Å². The topological polar surface area (TPSA) is 73.2 Å². The third kappa shape index (κ3) is 5.71. The first-order chi connectivity index (χ1) is 16.0. The van der Waals surface area contributed by atoms with E-state index in [-0.39, 0.29) is 18.6 Å². The molecule has 0 bridgehead atoms. The van der Waals surface area contributed by atoms with Gasteiger partial charge in [0.2, 0.25) is 0 Å². The predicted octanol–water partition coefficient (Wildman–Crippen LogP) is 4.64. The number of benzene rings is 2. The SMILES string of the molecule is Cc1nn(Cc2ccccc2)c(Cl)c1/C=C/C(=O)OCC(=O)N[C@H]1CCCc2ccccc21. The van der Waals surface area contributed by atoms with Crippen molar-refractivity contribution in [3.8, 4) is 0 Å². The number of aromatic nitrogens is 2. The summed E-state index contributed by atoms with van der Waals surface area (Å²) in [5.74, 6) is -0.927. The van der Waals surface area contributed by atoms with Crippen molar-refractivity contribution in [2.75, 3.05) is 6.61 Å². The van der Waals surface area contributed by atoms with E-state index in [0.717, 1.165) is 30.4 Å². The van der Waals surface area contributed by atoms with E-state index in [0.29, 0.717) is 23.0 Å². The highest BCUT2D eigenvalue weighted by Gasteiger charge is 2.21. The molecule has 0 spiro atoms. The van der Waals surface area contributed by atoms with E-state index in [1.807, 2.05) is 55.5 Å². The molecule has 0 radical (unpaired) electrons. The zero-order chi connectivity index (χ0) is 23.2. The number of hydrogen-bond donors (Lipinski definition) is 1. The molecular formula is C26H26ClN3O3. The Morgan fingerprint density at radius 2 is 1.94 bits per heavy atom. The molecule has 6 nitrogen and oxygen atoms in total. The highest BCUT2D eigenvalue weighted by molar-refractivity contribution is 6.31. The molecule has 0 fully saturated rings. The van der Waals surface area contributed by atoms with Crippen LogP contribution in [-0.2, 0) is 27.3 Å². The third-order valence-electron chi connectivity index (χ3n) is 5.72. The zero-order valence-electron chi connectivity index (χ0n) is 18.5. The molecule has 1 heterocycles. The van der Waals surface area contributed by atoms with E-state index in [4.69, 9.17) is 16.3 Å². The highest BCUT2D eigenvalue weighted by atomic mass is 35.5. The normalized spacial score (nSPS) is 15.3. The quantitative estimate of drug-likeness (QED) is 0.409. The molecule has 170 valence electrons. The van der Waals surface area contributed by atoms with Crippen LogP contribution in [-0.4, -0.2) is 28.3 Å². The van der Waals surface area contributed by atoms with Gasteiger partial charge in [-0.05, 0) is 49.0 Å². The van der Waals surface area contributed by atoms with E-state index >= 15 is 0 Å². The fourth-order valence-electron chi connectivity index (χ4n) is 4.09. The summed E-state index contributed by atoms with van der Waals surface area (Å²) in [5.41, 5.74) is 4.82. The third-order valence-corrected chi connectivity index (χ3v) is 6.12. The van der Waals surface area contributed by atoms with Crippen molar-refractivity contribution in [2.45, 2.75) is 38.8 Å². The minimum atomic E-state index is -0.611. The lowest BCUT2D eigenvalue weighted by molar-refractivity contribution is -0.144. The van der Waals surface area contributed by atoms with Gasteiger partial charge >= 0.3 is 5.97 Å². The Labute approximate surface area is 198 Å². The first-order valence-corrected chi connectivity index (χ1v) is 11.4. The second-order valence-corrected chi connectivity index (χ2v) is 8.44. The van der Waals surface area contributed by atoms with Crippen molar-refractivity contribution in [1.29, 1.82) is 0 Å². The van der Waals surface area contributed by atoms with Crippen molar-refractivity contribution in [3.63, 3.8) is 0 Å². The Bertz CT molecular complexity index is 1170. The molecule has 2 aromatic carbocycles. The minimum absolute atomic E-state index is 0.0476. The molecule has 33 heavy (non-hydrogen) atoms. The van der Waals surface area contributed by atoms with Crippen molar-refractivity contribution in [2.24, 2.45) is 0 Å². The van der Waals surface area contributed by atoms with Crippen LogP contribution in [0.15, 0.2) is 60.7 Å². The number of amides is 1. The molecule has 1 aromatic heterocycles. The van der Waals surface area contributed by atoms with Crippen LogP contribution >= 0.6 is 11.6 Å². The molecule has 0 saturated carbocycles. The first-order valence-electron chi connectivity index (χ1n) is 11.0. The lowest BCUT2D eigenvalue weighted by Crippen LogP contribution is -2.34. The van der Waals surface area contributed by atoms with E-state index in [2.05, 4.69) is 16.5 Å². The molecule has 7 heteroatoms. The van der Waals surface area contributed by atoms with Crippen molar-refractivity contribution in [3.05, 3.63) is 93.8 Å². The molecule has 0 unspecified atom stereocenters. The molecular weight excluding hydrogens is 438 g/mol. The number of esters is 1. The molecule has 0 saturated heterocycles. The summed E-state index contributed by atoms with van der Waals surface area (Å²) in [6.07, 6.45) is 5.76. The van der Waals surface area contributed by atoms with Gasteiger partial charge in [0.15, 0.2) is 6.61 Å². The standard InChI is InChI=1S/C26H26ClN3O3/c1-18-21(26(27)30(29-18)16-19-8-3-2-4-9-19)14-15-25(32)33-17-24(31)28-23-13-7-11-20-10-5-6-12-22(20)23/h2-6,8-10,12,14-15,23H,7,11,13,16-17H2,1H3,(H,28,31)/b15-14+/t23-/m0/s1. The van der Waals surface area contributed by atoms with Gasteiger partial charge in [-0.25, -0.2) is 9.48 Å². The number of fused-ring (bicyclic) bond motifs is 1. The molecule has 3 aromatic rings. The van der Waals surface area contributed by atoms with Crippen LogP contribution < -0.4 is 5.32 Å². The van der Waals surface area contributed by atoms with Crippen LogP contribution in [0.3, 0.4) is 0 Å². The molecule has 1 N–H and O–H groups in total. The van der Waals surface area contributed by atoms with Crippen molar-refractivity contribution >= 4 is 29.6 Å². The summed E-state index contributed by atoms with van der Waals surface area (Å²) < 4.78 is 6.82. The summed E-state index contributed by atoms with van der Waals surface area (Å²) >= 11 is 6.47. The summed E-state index contributed by atoms with van der Waals surface area (Å²) in [5, 5.41) is 7.87. The second kappa shape index (κ2) is 10.5. The monoisotopic (exact) mass is 463 g/mol. The van der Waals surface area contributed by atoms with Gasteiger partial charge in [0.25, 0.3) is 5.91 Å². The van der Waals surface area contributed by atoms with Crippen LogP contribution in [0.25, 0.3) is 6.08 Å². The number of halogens is 1. The lowest BCUT2D eigenvalue weighted by atomic mass is 9.88. The molecule has 4 rings (SSSR count). The molecule has 1 aliphatic rings. The van der Waals surface area contributed by atoms with Crippen LogP contribution in [0.2, 0.25) is 5.15 Å². The fraction of sp³-hybridized carbons (Fsp3) is 0.269. The summed E-state index contributed by atoms with van der Waals surface area (Å²) in [6.45, 7) is 2.03. The zero-order valence-corrected chi connectivity index (χ0v) is 19.2. The fourth-order valence-corrected chi connectivity index (χ4v) is 4.39. The van der Waals surface area contributed by atoms with E-state index < -0.39 is 5.97 Å². The number of aryl methyl sites for hydroxylation is 2. The maximum atomic E-state index is 12.3. The van der Waals surface area contributed by atoms with Gasteiger partial charge in [-0.3, -0.25) is 4.79 Å². The summed E-state index contributed by atoms with van der Waals surface area (Å²) in [4.78, 5) is 24.5. The second-order valence-electron chi connectivity index (χ2n) is 8.09. The molecule has 0 aliphatic heterocycles. The Hall–Kier alpha value is -3.38. The number of carbonyl (C=O) groups is 2. The van der Waals surface area contributed by atoms with Crippen LogP contribution in [0.1, 0.15) is 46.8 Å². The maximum Gasteiger partial charge on any atom is 0.331 e. The number of ether oxygens (including phenoxy) is 1. The van der Waals surface area contributed by atoms with E-state index in [9.17, 15) is 9.59 Å². The number of rotatable bonds is 7. The molecule has 1 aliphatic carbocycles. The van der Waals surface area contributed by atoms with Gasteiger partial charge in [0.1, 0.15) is 5.15 Å². The summed E-state index contributed by atoms with van der Waals surface area (Å²) in [7, 11) is 0. The van der Waals surface area contributed by atoms with Gasteiger partial charge in [-0.15, -0.1) is 0 Å². The largest absolute Gasteiger partial charge is 0.452 e. The Morgan fingerprint density at radius 1 is 1.18 bits per heavy atom. The number of nitrogens with one attached hydrogen (secondary N) is 1. The molecule has 1 atom stereocenters. The van der Waals surface area contributed by atoms with E-state index in [1.165, 1.54) is 11.6 Å². The number of nitrogens with zero attached hydrogens (tertiary/aromatic N) is 2. The Morgan fingerprint density at radius 3 is 2.76 bits per heavy atom. The summed E-state index contributed by atoms with van der Waals surface area (Å²) in [6, 6.07) is 17.9.